The van der Waals surface area contributed by atoms with E-state index in [9.17, 15) is 4.79 Å². The number of nitrogens with zero attached hydrogens (tertiary/aromatic N) is 2. The average Bonchev–Trinajstić information content (AvgIpc) is 2.85. The van der Waals surface area contributed by atoms with Crippen molar-refractivity contribution in [3.63, 3.8) is 0 Å². The summed E-state index contributed by atoms with van der Waals surface area (Å²) in [6.07, 6.45) is 2.27. The zero-order valence-electron chi connectivity index (χ0n) is 11.6. The molecule has 1 aromatic rings. The third-order valence-corrected chi connectivity index (χ3v) is 4.40. The average molecular weight is 259 g/mol. The highest BCUT2D eigenvalue weighted by molar-refractivity contribution is 5.95. The summed E-state index contributed by atoms with van der Waals surface area (Å²) in [5.74, 6) is 0.784. The van der Waals surface area contributed by atoms with Crippen LogP contribution in [0.25, 0.3) is 0 Å². The zero-order valence-corrected chi connectivity index (χ0v) is 11.6. The zero-order chi connectivity index (χ0) is 13.4. The van der Waals surface area contributed by atoms with Gasteiger partial charge in [-0.2, -0.15) is 0 Å². The van der Waals surface area contributed by atoms with Gasteiger partial charge in [0.15, 0.2) is 0 Å². The van der Waals surface area contributed by atoms with Crippen molar-refractivity contribution in [2.24, 2.45) is 5.92 Å². The first kappa shape index (κ1) is 12.6. The number of fused-ring (bicyclic) bond motifs is 1. The molecule has 2 aliphatic rings. The van der Waals surface area contributed by atoms with Crippen LogP contribution in [-0.2, 0) is 0 Å². The fourth-order valence-electron chi connectivity index (χ4n) is 3.31. The summed E-state index contributed by atoms with van der Waals surface area (Å²) >= 11 is 0. The monoisotopic (exact) mass is 259 g/mol. The number of likely N-dealkylation sites (tertiary alicyclic amines) is 1. The summed E-state index contributed by atoms with van der Waals surface area (Å²) in [5, 5.41) is 3.53. The maximum Gasteiger partial charge on any atom is 0.255 e. The molecule has 102 valence electrons. The summed E-state index contributed by atoms with van der Waals surface area (Å²) in [6, 6.07) is 4.46. The van der Waals surface area contributed by atoms with Crippen molar-refractivity contribution in [1.82, 2.24) is 15.2 Å². The van der Waals surface area contributed by atoms with Gasteiger partial charge >= 0.3 is 0 Å². The number of hydrogen-bond acceptors (Lipinski definition) is 3. The molecule has 3 heterocycles. The van der Waals surface area contributed by atoms with Crippen molar-refractivity contribution >= 4 is 5.91 Å². The Balaban J connectivity index is 1.76. The molecule has 0 aliphatic carbocycles. The molecule has 2 saturated heterocycles. The smallest absolute Gasteiger partial charge is 0.255 e. The maximum absolute atomic E-state index is 12.6. The Morgan fingerprint density at radius 2 is 2.21 bits per heavy atom. The van der Waals surface area contributed by atoms with E-state index in [1.54, 1.807) is 0 Å². The lowest BCUT2D eigenvalue weighted by Crippen LogP contribution is -2.47. The first-order chi connectivity index (χ1) is 9.15. The number of piperidine rings is 1. The van der Waals surface area contributed by atoms with Crippen LogP contribution in [0.5, 0.6) is 0 Å². The molecule has 0 bridgehead atoms. The molecule has 1 aromatic heterocycles. The normalized spacial score (nSPS) is 26.3. The third kappa shape index (κ3) is 2.37. The second-order valence-electron chi connectivity index (χ2n) is 5.73. The van der Waals surface area contributed by atoms with Gasteiger partial charge in [-0.25, -0.2) is 0 Å². The second kappa shape index (κ2) is 4.93. The molecule has 0 radical (unpaired) electrons. The number of aryl methyl sites for hydroxylation is 2. The Morgan fingerprint density at radius 3 is 3.00 bits per heavy atom. The number of carbonyl (C=O) groups excluding carboxylic acids is 1. The highest BCUT2D eigenvalue weighted by atomic mass is 16.2. The van der Waals surface area contributed by atoms with Crippen LogP contribution in [0.15, 0.2) is 12.1 Å². The lowest BCUT2D eigenvalue weighted by Gasteiger charge is -2.35. The van der Waals surface area contributed by atoms with Crippen molar-refractivity contribution in [2.75, 3.05) is 19.6 Å². The number of aromatic nitrogens is 1. The molecular weight excluding hydrogens is 238 g/mol. The number of pyridine rings is 1. The third-order valence-electron chi connectivity index (χ3n) is 4.40. The van der Waals surface area contributed by atoms with Gasteiger partial charge in [0.25, 0.3) is 5.91 Å². The van der Waals surface area contributed by atoms with Crippen molar-refractivity contribution in [3.05, 3.63) is 29.1 Å². The molecule has 2 atom stereocenters. The van der Waals surface area contributed by atoms with Crippen LogP contribution in [0.1, 0.15) is 34.6 Å². The molecule has 1 amide bonds. The predicted octanol–water partition coefficient (Wildman–Crippen LogP) is 1.52. The maximum atomic E-state index is 12.6. The molecule has 1 N–H and O–H groups in total. The lowest BCUT2D eigenvalue weighted by molar-refractivity contribution is 0.0661. The van der Waals surface area contributed by atoms with E-state index in [0.717, 1.165) is 43.0 Å². The molecule has 2 unspecified atom stereocenters. The SMILES string of the molecule is Cc1ccc(C(=O)N2CCC3NCCC3C2)c(C)n1. The molecule has 19 heavy (non-hydrogen) atoms. The molecule has 4 nitrogen and oxygen atoms in total. The highest BCUT2D eigenvalue weighted by Gasteiger charge is 2.34. The second-order valence-corrected chi connectivity index (χ2v) is 5.73. The number of hydrogen-bond donors (Lipinski definition) is 1. The van der Waals surface area contributed by atoms with Gasteiger partial charge < -0.3 is 10.2 Å². The van der Waals surface area contributed by atoms with E-state index in [0.29, 0.717) is 12.0 Å². The number of rotatable bonds is 1. The van der Waals surface area contributed by atoms with Crippen LogP contribution in [-0.4, -0.2) is 41.5 Å². The molecular formula is C15H21N3O. The van der Waals surface area contributed by atoms with Crippen molar-refractivity contribution < 1.29 is 4.79 Å². The molecule has 0 aromatic carbocycles. The van der Waals surface area contributed by atoms with Gasteiger partial charge in [-0.1, -0.05) is 0 Å². The van der Waals surface area contributed by atoms with Gasteiger partial charge in [-0.3, -0.25) is 9.78 Å². The van der Waals surface area contributed by atoms with Gasteiger partial charge in [-0.15, -0.1) is 0 Å². The van der Waals surface area contributed by atoms with Crippen LogP contribution in [0.4, 0.5) is 0 Å². The fraction of sp³-hybridized carbons (Fsp3) is 0.600. The van der Waals surface area contributed by atoms with E-state index in [2.05, 4.69) is 10.3 Å². The Labute approximate surface area is 114 Å². The fourth-order valence-corrected chi connectivity index (χ4v) is 3.31. The minimum atomic E-state index is 0.148. The Kier molecular flexibility index (Phi) is 3.27. The van der Waals surface area contributed by atoms with Gasteiger partial charge in [0, 0.05) is 24.8 Å². The largest absolute Gasteiger partial charge is 0.338 e. The minimum Gasteiger partial charge on any atom is -0.338 e. The molecule has 2 aliphatic heterocycles. The van der Waals surface area contributed by atoms with Gasteiger partial charge in [0.05, 0.1) is 11.3 Å². The molecule has 3 rings (SSSR count). The molecule has 0 saturated carbocycles. The van der Waals surface area contributed by atoms with Crippen LogP contribution in [0, 0.1) is 19.8 Å². The van der Waals surface area contributed by atoms with E-state index >= 15 is 0 Å². The van der Waals surface area contributed by atoms with Crippen LogP contribution in [0.3, 0.4) is 0 Å². The number of carbonyl (C=O) groups is 1. The van der Waals surface area contributed by atoms with E-state index < -0.39 is 0 Å². The van der Waals surface area contributed by atoms with Crippen LogP contribution < -0.4 is 5.32 Å². The summed E-state index contributed by atoms with van der Waals surface area (Å²) in [4.78, 5) is 19.0. The van der Waals surface area contributed by atoms with Crippen molar-refractivity contribution in [3.8, 4) is 0 Å². The topological polar surface area (TPSA) is 45.2 Å². The summed E-state index contributed by atoms with van der Waals surface area (Å²) in [7, 11) is 0. The van der Waals surface area contributed by atoms with Crippen LogP contribution in [0.2, 0.25) is 0 Å². The molecule has 2 fully saturated rings. The summed E-state index contributed by atoms with van der Waals surface area (Å²) in [5.41, 5.74) is 2.57. The Morgan fingerprint density at radius 1 is 1.37 bits per heavy atom. The minimum absolute atomic E-state index is 0.148. The lowest BCUT2D eigenvalue weighted by atomic mass is 9.93. The van der Waals surface area contributed by atoms with Crippen LogP contribution >= 0.6 is 0 Å². The van der Waals surface area contributed by atoms with E-state index in [1.165, 1.54) is 6.42 Å². The standard InChI is InChI=1S/C15H21N3O/c1-10-3-4-13(11(2)17-10)15(19)18-8-6-14-12(9-18)5-7-16-14/h3-4,12,14,16H,5-9H2,1-2H3. The van der Waals surface area contributed by atoms with E-state index in [-0.39, 0.29) is 5.91 Å². The quantitative estimate of drug-likeness (QED) is 0.831. The summed E-state index contributed by atoms with van der Waals surface area (Å²) in [6.45, 7) is 6.73. The predicted molar refractivity (Wildman–Crippen MR) is 74.1 cm³/mol. The Bertz CT molecular complexity index is 500. The number of nitrogens with one attached hydrogen (secondary N) is 1. The first-order valence-electron chi connectivity index (χ1n) is 7.12. The van der Waals surface area contributed by atoms with Gasteiger partial charge in [0.2, 0.25) is 0 Å². The number of amides is 1. The van der Waals surface area contributed by atoms with E-state index in [4.69, 9.17) is 0 Å². The van der Waals surface area contributed by atoms with Crippen molar-refractivity contribution in [2.45, 2.75) is 32.7 Å². The molecule has 0 spiro atoms. The Hall–Kier alpha value is -1.42. The van der Waals surface area contributed by atoms with Gasteiger partial charge in [-0.05, 0) is 51.3 Å². The van der Waals surface area contributed by atoms with E-state index in [1.807, 2.05) is 30.9 Å². The first-order valence-corrected chi connectivity index (χ1v) is 7.12. The molecule has 4 heteroatoms. The van der Waals surface area contributed by atoms with Gasteiger partial charge in [0.1, 0.15) is 0 Å². The summed E-state index contributed by atoms with van der Waals surface area (Å²) < 4.78 is 0. The highest BCUT2D eigenvalue weighted by Crippen LogP contribution is 2.25. The van der Waals surface area contributed by atoms with Crippen molar-refractivity contribution in [1.29, 1.82) is 0 Å².